The summed E-state index contributed by atoms with van der Waals surface area (Å²) >= 11 is 3.61. The van der Waals surface area contributed by atoms with Crippen molar-refractivity contribution in [2.75, 3.05) is 0 Å². The molecule has 0 heterocycles. The molecule has 2 aliphatic rings. The number of benzene rings is 1. The van der Waals surface area contributed by atoms with Gasteiger partial charge in [-0.15, -0.1) is 0 Å². The molecule has 0 aliphatic heterocycles. The standard InChI is InChI=1S/C18H21BrO3/c1-8(2)10-5-6-18(4)14(10)13-12(16(21)17(18)22)11(20)7-9(3)15(13)19/h7-8,10,14,20H,5-6H2,1-4H3. The van der Waals surface area contributed by atoms with Gasteiger partial charge in [-0.3, -0.25) is 9.59 Å². The molecule has 0 amide bonds. The molecule has 4 heteroatoms. The first-order valence-corrected chi connectivity index (χ1v) is 8.60. The van der Waals surface area contributed by atoms with Gasteiger partial charge in [-0.2, -0.15) is 0 Å². The molecule has 1 saturated carbocycles. The van der Waals surface area contributed by atoms with Gasteiger partial charge in [0, 0.05) is 15.8 Å². The lowest BCUT2D eigenvalue weighted by Crippen LogP contribution is -2.43. The van der Waals surface area contributed by atoms with Crippen molar-refractivity contribution in [3.05, 3.63) is 27.2 Å². The van der Waals surface area contributed by atoms with Crippen LogP contribution in [0.3, 0.4) is 0 Å². The summed E-state index contributed by atoms with van der Waals surface area (Å²) in [6, 6.07) is 1.57. The van der Waals surface area contributed by atoms with Gasteiger partial charge >= 0.3 is 0 Å². The Kier molecular flexibility index (Phi) is 3.52. The number of Topliss-reactive ketones (excluding diaryl/α,β-unsaturated/α-hetero) is 2. The maximum Gasteiger partial charge on any atom is 0.233 e. The number of phenolic OH excluding ortho intramolecular Hbond substituents is 1. The third kappa shape index (κ3) is 1.86. The van der Waals surface area contributed by atoms with Crippen molar-refractivity contribution in [3.8, 4) is 5.75 Å². The number of carbonyl (C=O) groups is 2. The van der Waals surface area contributed by atoms with Crippen LogP contribution in [0.25, 0.3) is 0 Å². The predicted octanol–water partition coefficient (Wildman–Crippen LogP) is 4.38. The lowest BCUT2D eigenvalue weighted by Gasteiger charge is -2.40. The van der Waals surface area contributed by atoms with Gasteiger partial charge in [0.25, 0.3) is 0 Å². The SMILES string of the molecule is Cc1cc(O)c2c(c1Br)C1C(C(C)C)CCC1(C)C(=O)C2=O. The Bertz CT molecular complexity index is 692. The number of hydrogen-bond acceptors (Lipinski definition) is 3. The molecule has 118 valence electrons. The van der Waals surface area contributed by atoms with Crippen molar-refractivity contribution in [1.82, 2.24) is 0 Å². The molecular weight excluding hydrogens is 344 g/mol. The van der Waals surface area contributed by atoms with Crippen LogP contribution in [0.2, 0.25) is 0 Å². The van der Waals surface area contributed by atoms with Crippen molar-refractivity contribution in [2.45, 2.75) is 46.5 Å². The topological polar surface area (TPSA) is 54.4 Å². The second-order valence-electron chi connectivity index (χ2n) is 7.32. The first-order valence-electron chi connectivity index (χ1n) is 7.81. The molecule has 22 heavy (non-hydrogen) atoms. The summed E-state index contributed by atoms with van der Waals surface area (Å²) in [7, 11) is 0. The molecule has 0 aromatic heterocycles. The van der Waals surface area contributed by atoms with Crippen molar-refractivity contribution < 1.29 is 14.7 Å². The fraction of sp³-hybridized carbons (Fsp3) is 0.556. The summed E-state index contributed by atoms with van der Waals surface area (Å²) in [5.41, 5.74) is 1.33. The third-order valence-electron chi connectivity index (χ3n) is 5.69. The van der Waals surface area contributed by atoms with Crippen LogP contribution in [0.1, 0.15) is 61.0 Å². The van der Waals surface area contributed by atoms with E-state index in [0.29, 0.717) is 11.8 Å². The number of rotatable bonds is 1. The monoisotopic (exact) mass is 364 g/mol. The van der Waals surface area contributed by atoms with E-state index in [1.165, 1.54) is 0 Å². The number of fused-ring (bicyclic) bond motifs is 3. The summed E-state index contributed by atoms with van der Waals surface area (Å²) in [5, 5.41) is 10.3. The van der Waals surface area contributed by atoms with E-state index in [4.69, 9.17) is 0 Å². The molecule has 3 nitrogen and oxygen atoms in total. The zero-order chi connectivity index (χ0) is 16.4. The van der Waals surface area contributed by atoms with Crippen LogP contribution in [-0.4, -0.2) is 16.7 Å². The van der Waals surface area contributed by atoms with Gasteiger partial charge in [0.2, 0.25) is 11.6 Å². The van der Waals surface area contributed by atoms with Gasteiger partial charge in [-0.25, -0.2) is 0 Å². The van der Waals surface area contributed by atoms with Gasteiger partial charge < -0.3 is 5.11 Å². The van der Waals surface area contributed by atoms with E-state index in [0.717, 1.165) is 28.4 Å². The molecule has 3 rings (SSSR count). The highest BCUT2D eigenvalue weighted by molar-refractivity contribution is 9.10. The average molecular weight is 365 g/mol. The third-order valence-corrected chi connectivity index (χ3v) is 6.74. The number of hydrogen-bond donors (Lipinski definition) is 1. The number of aromatic hydroxyl groups is 1. The predicted molar refractivity (Wildman–Crippen MR) is 88.3 cm³/mol. The summed E-state index contributed by atoms with van der Waals surface area (Å²) in [6.07, 6.45) is 1.68. The number of phenols is 1. The van der Waals surface area contributed by atoms with Crippen LogP contribution in [-0.2, 0) is 4.79 Å². The van der Waals surface area contributed by atoms with Crippen LogP contribution in [0.4, 0.5) is 0 Å². The molecule has 0 saturated heterocycles. The van der Waals surface area contributed by atoms with Gasteiger partial charge in [0.05, 0.1) is 5.56 Å². The van der Waals surface area contributed by atoms with Gasteiger partial charge in [-0.1, -0.05) is 36.7 Å². The normalized spacial score (nSPS) is 30.6. The average Bonchev–Trinajstić information content (AvgIpc) is 2.79. The number of ketones is 2. The molecule has 0 radical (unpaired) electrons. The minimum absolute atomic E-state index is 0.00660. The molecular formula is C18H21BrO3. The molecule has 0 spiro atoms. The highest BCUT2D eigenvalue weighted by Crippen LogP contribution is 2.61. The Morgan fingerprint density at radius 3 is 2.59 bits per heavy atom. The quantitative estimate of drug-likeness (QED) is 0.752. The van der Waals surface area contributed by atoms with Crippen LogP contribution in [0.5, 0.6) is 5.75 Å². The van der Waals surface area contributed by atoms with E-state index in [9.17, 15) is 14.7 Å². The molecule has 1 fully saturated rings. The zero-order valence-electron chi connectivity index (χ0n) is 13.4. The maximum atomic E-state index is 12.7. The first-order chi connectivity index (χ1) is 10.2. The summed E-state index contributed by atoms with van der Waals surface area (Å²) < 4.78 is 0.866. The smallest absolute Gasteiger partial charge is 0.233 e. The Balaban J connectivity index is 2.36. The van der Waals surface area contributed by atoms with Crippen molar-refractivity contribution in [1.29, 1.82) is 0 Å². The molecule has 1 N–H and O–H groups in total. The fourth-order valence-electron chi connectivity index (χ4n) is 4.47. The van der Waals surface area contributed by atoms with Gasteiger partial charge in [0.15, 0.2) is 0 Å². The zero-order valence-corrected chi connectivity index (χ0v) is 15.0. The first kappa shape index (κ1) is 15.7. The van der Waals surface area contributed by atoms with Gasteiger partial charge in [-0.05, 0) is 48.8 Å². The highest BCUT2D eigenvalue weighted by atomic mass is 79.9. The Morgan fingerprint density at radius 1 is 1.36 bits per heavy atom. The number of aryl methyl sites for hydroxylation is 1. The number of carbonyl (C=O) groups excluding carboxylic acids is 2. The summed E-state index contributed by atoms with van der Waals surface area (Å²) in [6.45, 7) is 8.16. The Hall–Kier alpha value is -1.16. The van der Waals surface area contributed by atoms with Crippen molar-refractivity contribution in [3.63, 3.8) is 0 Å². The van der Waals surface area contributed by atoms with Crippen LogP contribution >= 0.6 is 15.9 Å². The minimum Gasteiger partial charge on any atom is -0.507 e. The highest BCUT2D eigenvalue weighted by Gasteiger charge is 2.58. The van der Waals surface area contributed by atoms with Crippen molar-refractivity contribution >= 4 is 27.5 Å². The van der Waals surface area contributed by atoms with Gasteiger partial charge in [0.1, 0.15) is 5.75 Å². The van der Waals surface area contributed by atoms with E-state index in [-0.39, 0.29) is 23.0 Å². The van der Waals surface area contributed by atoms with Crippen LogP contribution < -0.4 is 0 Å². The fourth-order valence-corrected chi connectivity index (χ4v) is 5.03. The van der Waals surface area contributed by atoms with Crippen molar-refractivity contribution in [2.24, 2.45) is 17.3 Å². The van der Waals surface area contributed by atoms with E-state index < -0.39 is 11.2 Å². The minimum atomic E-state index is -0.637. The molecule has 2 aliphatic carbocycles. The van der Waals surface area contributed by atoms with E-state index >= 15 is 0 Å². The van der Waals surface area contributed by atoms with E-state index in [1.54, 1.807) is 6.07 Å². The summed E-state index contributed by atoms with van der Waals surface area (Å²) in [5.74, 6) is -0.164. The van der Waals surface area contributed by atoms with E-state index in [1.807, 2.05) is 13.8 Å². The largest absolute Gasteiger partial charge is 0.507 e. The summed E-state index contributed by atoms with van der Waals surface area (Å²) in [4.78, 5) is 25.3. The molecule has 3 unspecified atom stereocenters. The maximum absolute atomic E-state index is 12.7. The second-order valence-corrected chi connectivity index (χ2v) is 8.11. The Labute approximate surface area is 139 Å². The van der Waals surface area contributed by atoms with Crippen LogP contribution in [0, 0.1) is 24.2 Å². The van der Waals surface area contributed by atoms with E-state index in [2.05, 4.69) is 29.8 Å². The molecule has 0 bridgehead atoms. The van der Waals surface area contributed by atoms with Crippen LogP contribution in [0.15, 0.2) is 10.5 Å². The Morgan fingerprint density at radius 2 is 2.00 bits per heavy atom. The lowest BCUT2D eigenvalue weighted by molar-refractivity contribution is -0.124. The molecule has 1 aromatic rings. The molecule has 1 aromatic carbocycles. The second kappa shape index (κ2) is 4.92. The number of halogens is 1. The lowest BCUT2D eigenvalue weighted by atomic mass is 9.62. The molecule has 3 atom stereocenters.